The number of alkyl halides is 3. The molecule has 4 rings (SSSR count). The molecule has 2 aromatic heterocycles. The molecule has 1 N–H and O–H groups in total. The highest BCUT2D eigenvalue weighted by Gasteiger charge is 2.49. The van der Waals surface area contributed by atoms with Crippen LogP contribution in [0.4, 0.5) is 17.6 Å². The van der Waals surface area contributed by atoms with Crippen molar-refractivity contribution in [2.45, 2.75) is 32.0 Å². The largest absolute Gasteiger partial charge is 0.408 e. The minimum absolute atomic E-state index is 0.0590. The van der Waals surface area contributed by atoms with Gasteiger partial charge in [0.25, 0.3) is 5.91 Å². The van der Waals surface area contributed by atoms with Crippen molar-refractivity contribution in [3.63, 3.8) is 0 Å². The van der Waals surface area contributed by atoms with E-state index < -0.39 is 29.9 Å². The zero-order valence-electron chi connectivity index (χ0n) is 14.8. The van der Waals surface area contributed by atoms with Gasteiger partial charge in [0.2, 0.25) is 0 Å². The lowest BCUT2D eigenvalue weighted by Gasteiger charge is -2.20. The van der Waals surface area contributed by atoms with E-state index in [4.69, 9.17) is 0 Å². The average Bonchev–Trinajstić information content (AvgIpc) is 3.36. The number of carbonyl (C=O) groups excluding carboxylic acids is 1. The number of aromatic nitrogens is 3. The van der Waals surface area contributed by atoms with Gasteiger partial charge in [0.15, 0.2) is 5.65 Å². The van der Waals surface area contributed by atoms with Crippen LogP contribution in [0, 0.1) is 18.7 Å². The van der Waals surface area contributed by atoms with Crippen LogP contribution in [-0.4, -0.2) is 32.7 Å². The van der Waals surface area contributed by atoms with Crippen LogP contribution < -0.4 is 5.32 Å². The second kappa shape index (κ2) is 6.57. The van der Waals surface area contributed by atoms with Gasteiger partial charge in [-0.3, -0.25) is 4.79 Å². The van der Waals surface area contributed by atoms with Gasteiger partial charge in [-0.05, 0) is 43.9 Å². The molecule has 28 heavy (non-hydrogen) atoms. The SMILES string of the molecule is Cc1cc(-c2cccc(F)c2)nc2c(C(=O)NC(C3CC3)C(F)(F)F)cnn12. The summed E-state index contributed by atoms with van der Waals surface area (Å²) in [6.07, 6.45) is -2.46. The summed E-state index contributed by atoms with van der Waals surface area (Å²) in [6, 6.07) is 5.55. The van der Waals surface area contributed by atoms with E-state index in [1.54, 1.807) is 19.1 Å². The number of aryl methyl sites for hydroxylation is 1. The Labute approximate surface area is 157 Å². The van der Waals surface area contributed by atoms with Gasteiger partial charge in [0.05, 0.1) is 11.9 Å². The Hall–Kier alpha value is -2.97. The molecule has 146 valence electrons. The first kappa shape index (κ1) is 18.4. The summed E-state index contributed by atoms with van der Waals surface area (Å²) in [5, 5.41) is 6.14. The number of halogens is 4. The normalized spacial score (nSPS) is 15.6. The summed E-state index contributed by atoms with van der Waals surface area (Å²) >= 11 is 0. The van der Waals surface area contributed by atoms with E-state index in [-0.39, 0.29) is 11.2 Å². The Kier molecular flexibility index (Phi) is 4.32. The van der Waals surface area contributed by atoms with Crippen molar-refractivity contribution >= 4 is 11.6 Å². The van der Waals surface area contributed by atoms with Crippen LogP contribution in [0.2, 0.25) is 0 Å². The van der Waals surface area contributed by atoms with E-state index in [1.807, 2.05) is 0 Å². The van der Waals surface area contributed by atoms with Crippen LogP contribution in [-0.2, 0) is 0 Å². The Morgan fingerprint density at radius 1 is 1.29 bits per heavy atom. The van der Waals surface area contributed by atoms with Crippen molar-refractivity contribution in [2.24, 2.45) is 5.92 Å². The van der Waals surface area contributed by atoms with Gasteiger partial charge in [0.1, 0.15) is 17.4 Å². The highest BCUT2D eigenvalue weighted by molar-refractivity contribution is 6.00. The molecule has 9 heteroatoms. The molecule has 0 saturated heterocycles. The molecule has 1 fully saturated rings. The van der Waals surface area contributed by atoms with Crippen LogP contribution in [0.15, 0.2) is 36.5 Å². The lowest BCUT2D eigenvalue weighted by molar-refractivity contribution is -0.158. The topological polar surface area (TPSA) is 59.3 Å². The average molecular weight is 392 g/mol. The van der Waals surface area contributed by atoms with Gasteiger partial charge in [-0.2, -0.15) is 18.3 Å². The first-order chi connectivity index (χ1) is 13.2. The molecule has 1 amide bonds. The predicted molar refractivity (Wildman–Crippen MR) is 93.2 cm³/mol. The van der Waals surface area contributed by atoms with Gasteiger partial charge in [0, 0.05) is 11.3 Å². The number of rotatable bonds is 4. The van der Waals surface area contributed by atoms with Crippen molar-refractivity contribution < 1.29 is 22.4 Å². The molecule has 0 radical (unpaired) electrons. The molecular formula is C19H16F4N4O. The number of carbonyl (C=O) groups is 1. The summed E-state index contributed by atoms with van der Waals surface area (Å²) in [5.41, 5.74) is 1.56. The zero-order chi connectivity index (χ0) is 20.1. The molecule has 2 heterocycles. The van der Waals surface area contributed by atoms with E-state index in [2.05, 4.69) is 15.4 Å². The number of fused-ring (bicyclic) bond motifs is 1. The monoisotopic (exact) mass is 392 g/mol. The Balaban J connectivity index is 1.72. The fraction of sp³-hybridized carbons (Fsp3) is 0.316. The standard InChI is InChI=1S/C19H16F4N4O/c1-10-7-15(12-3-2-4-13(20)8-12)25-17-14(9-24-27(10)17)18(28)26-16(11-5-6-11)19(21,22)23/h2-4,7-9,11,16H,5-6H2,1H3,(H,26,28). The van der Waals surface area contributed by atoms with Gasteiger partial charge in [-0.25, -0.2) is 13.9 Å². The van der Waals surface area contributed by atoms with Crippen LogP contribution in [0.25, 0.3) is 16.9 Å². The molecule has 0 bridgehead atoms. The summed E-state index contributed by atoms with van der Waals surface area (Å²) in [5.74, 6) is -1.92. The second-order valence-electron chi connectivity index (χ2n) is 6.92. The second-order valence-corrected chi connectivity index (χ2v) is 6.92. The van der Waals surface area contributed by atoms with Crippen LogP contribution in [0.1, 0.15) is 28.9 Å². The molecule has 0 spiro atoms. The van der Waals surface area contributed by atoms with Crippen LogP contribution in [0.3, 0.4) is 0 Å². The lowest BCUT2D eigenvalue weighted by atomic mass is 10.1. The maximum Gasteiger partial charge on any atom is 0.408 e. The van der Waals surface area contributed by atoms with Gasteiger partial charge < -0.3 is 5.32 Å². The van der Waals surface area contributed by atoms with Crippen molar-refractivity contribution in [1.29, 1.82) is 0 Å². The van der Waals surface area contributed by atoms with Crippen LogP contribution >= 0.6 is 0 Å². The van der Waals surface area contributed by atoms with E-state index in [0.717, 1.165) is 0 Å². The molecule has 1 unspecified atom stereocenters. The minimum Gasteiger partial charge on any atom is -0.340 e. The highest BCUT2D eigenvalue weighted by atomic mass is 19.4. The minimum atomic E-state index is -4.52. The fourth-order valence-electron chi connectivity index (χ4n) is 3.18. The van der Waals surface area contributed by atoms with Crippen LogP contribution in [0.5, 0.6) is 0 Å². The number of hydrogen-bond donors (Lipinski definition) is 1. The third-order valence-electron chi connectivity index (χ3n) is 4.75. The number of benzene rings is 1. The first-order valence-electron chi connectivity index (χ1n) is 8.73. The van der Waals surface area contributed by atoms with Gasteiger partial charge >= 0.3 is 6.18 Å². The number of nitrogens with one attached hydrogen (secondary N) is 1. The Morgan fingerprint density at radius 3 is 2.68 bits per heavy atom. The molecule has 1 atom stereocenters. The molecular weight excluding hydrogens is 376 g/mol. The maximum absolute atomic E-state index is 13.5. The Bertz CT molecular complexity index is 1060. The summed E-state index contributed by atoms with van der Waals surface area (Å²) in [6.45, 7) is 1.72. The molecule has 3 aromatic rings. The van der Waals surface area contributed by atoms with E-state index in [1.165, 1.54) is 28.9 Å². The molecule has 0 aliphatic heterocycles. The summed E-state index contributed by atoms with van der Waals surface area (Å²) in [7, 11) is 0. The highest BCUT2D eigenvalue weighted by Crippen LogP contribution is 2.40. The number of hydrogen-bond acceptors (Lipinski definition) is 3. The van der Waals surface area contributed by atoms with E-state index in [9.17, 15) is 22.4 Å². The molecule has 1 aromatic carbocycles. The zero-order valence-corrected chi connectivity index (χ0v) is 14.8. The third kappa shape index (κ3) is 3.44. The van der Waals surface area contributed by atoms with Crippen molar-refractivity contribution in [3.8, 4) is 11.3 Å². The van der Waals surface area contributed by atoms with Crippen molar-refractivity contribution in [1.82, 2.24) is 19.9 Å². The van der Waals surface area contributed by atoms with Gasteiger partial charge in [-0.1, -0.05) is 12.1 Å². The molecule has 5 nitrogen and oxygen atoms in total. The van der Waals surface area contributed by atoms with E-state index in [0.29, 0.717) is 29.8 Å². The van der Waals surface area contributed by atoms with Crippen molar-refractivity contribution in [3.05, 3.63) is 53.6 Å². The Morgan fingerprint density at radius 2 is 2.04 bits per heavy atom. The molecule has 1 aliphatic rings. The van der Waals surface area contributed by atoms with Crippen molar-refractivity contribution in [2.75, 3.05) is 0 Å². The number of nitrogens with zero attached hydrogens (tertiary/aromatic N) is 3. The quantitative estimate of drug-likeness (QED) is 0.685. The van der Waals surface area contributed by atoms with E-state index >= 15 is 0 Å². The third-order valence-corrected chi connectivity index (χ3v) is 4.75. The fourth-order valence-corrected chi connectivity index (χ4v) is 3.18. The molecule has 1 saturated carbocycles. The number of amides is 1. The summed E-state index contributed by atoms with van der Waals surface area (Å²) < 4.78 is 54.6. The smallest absolute Gasteiger partial charge is 0.340 e. The van der Waals surface area contributed by atoms with Gasteiger partial charge in [-0.15, -0.1) is 0 Å². The molecule has 1 aliphatic carbocycles. The maximum atomic E-state index is 13.5. The predicted octanol–water partition coefficient (Wildman–Crippen LogP) is 3.91. The summed E-state index contributed by atoms with van der Waals surface area (Å²) in [4.78, 5) is 16.9. The first-order valence-corrected chi connectivity index (χ1v) is 8.73. The lowest BCUT2D eigenvalue weighted by Crippen LogP contribution is -2.46.